The van der Waals surface area contributed by atoms with E-state index >= 15 is 0 Å². The Bertz CT molecular complexity index is 685. The van der Waals surface area contributed by atoms with Crippen molar-refractivity contribution < 1.29 is 24.1 Å². The summed E-state index contributed by atoms with van der Waals surface area (Å²) in [5, 5.41) is 9.53. The number of hydrogen-bond donors (Lipinski definition) is 1. The predicted octanol–water partition coefficient (Wildman–Crippen LogP) is 6.26. The van der Waals surface area contributed by atoms with Crippen LogP contribution in [0.2, 0.25) is 0 Å². The SMILES string of the molecule is OCCC1=C[C@@H]2C[C@H](OC3CCCCO3)[C@@H](C(=CCCC3CCCC3)OC3CCCCO3)[C@@H]2C1. The van der Waals surface area contributed by atoms with Gasteiger partial charge in [0.2, 0.25) is 0 Å². The smallest absolute Gasteiger partial charge is 0.199 e. The van der Waals surface area contributed by atoms with Gasteiger partial charge in [-0.25, -0.2) is 0 Å². The van der Waals surface area contributed by atoms with Gasteiger partial charge in [-0.3, -0.25) is 0 Å². The molecule has 6 atom stereocenters. The van der Waals surface area contributed by atoms with Gasteiger partial charge in [0.25, 0.3) is 0 Å². The normalized spacial score (nSPS) is 37.1. The molecule has 0 radical (unpaired) electrons. The predicted molar refractivity (Wildman–Crippen MR) is 132 cm³/mol. The van der Waals surface area contributed by atoms with Gasteiger partial charge in [0.05, 0.1) is 12.7 Å². The van der Waals surface area contributed by atoms with Gasteiger partial charge in [-0.1, -0.05) is 37.3 Å². The molecule has 2 heterocycles. The summed E-state index contributed by atoms with van der Waals surface area (Å²) >= 11 is 0. The highest BCUT2D eigenvalue weighted by atomic mass is 16.7. The number of allylic oxidation sites excluding steroid dienone is 2. The van der Waals surface area contributed by atoms with Crippen molar-refractivity contribution in [2.45, 2.75) is 115 Å². The van der Waals surface area contributed by atoms with Crippen LogP contribution in [0.3, 0.4) is 0 Å². The van der Waals surface area contributed by atoms with Crippen LogP contribution >= 0.6 is 0 Å². The largest absolute Gasteiger partial charge is 0.469 e. The molecule has 5 aliphatic rings. The zero-order valence-corrected chi connectivity index (χ0v) is 21.0. The van der Waals surface area contributed by atoms with Crippen LogP contribution in [0, 0.1) is 23.7 Å². The summed E-state index contributed by atoms with van der Waals surface area (Å²) in [7, 11) is 0. The molecule has 1 N–H and O–H groups in total. The lowest BCUT2D eigenvalue weighted by atomic mass is 9.87. The van der Waals surface area contributed by atoms with Gasteiger partial charge in [-0.2, -0.15) is 0 Å². The second-order valence-corrected chi connectivity index (χ2v) is 11.3. The second kappa shape index (κ2) is 12.4. The van der Waals surface area contributed by atoms with Crippen molar-refractivity contribution in [3.05, 3.63) is 23.5 Å². The Balaban J connectivity index is 1.34. The zero-order valence-electron chi connectivity index (χ0n) is 21.0. The van der Waals surface area contributed by atoms with Crippen molar-refractivity contribution in [3.8, 4) is 0 Å². The number of ether oxygens (including phenoxy) is 4. The summed E-state index contributed by atoms with van der Waals surface area (Å²) < 4.78 is 25.4. The van der Waals surface area contributed by atoms with Gasteiger partial charge >= 0.3 is 0 Å². The van der Waals surface area contributed by atoms with Crippen LogP contribution in [-0.4, -0.2) is 43.6 Å². The van der Waals surface area contributed by atoms with E-state index in [4.69, 9.17) is 18.9 Å². The minimum Gasteiger partial charge on any atom is -0.469 e. The summed E-state index contributed by atoms with van der Waals surface area (Å²) in [5.74, 6) is 3.26. The molecule has 0 aromatic rings. The van der Waals surface area contributed by atoms with E-state index < -0.39 is 0 Å². The van der Waals surface area contributed by atoms with Crippen LogP contribution in [0.25, 0.3) is 0 Å². The molecular weight excluding hydrogens is 428 g/mol. The Morgan fingerprint density at radius 1 is 0.971 bits per heavy atom. The lowest BCUT2D eigenvalue weighted by molar-refractivity contribution is -0.200. The number of rotatable bonds is 10. The molecule has 0 spiro atoms. The maximum absolute atomic E-state index is 9.53. The molecule has 34 heavy (non-hydrogen) atoms. The van der Waals surface area contributed by atoms with E-state index in [2.05, 4.69) is 12.2 Å². The molecule has 2 saturated carbocycles. The summed E-state index contributed by atoms with van der Waals surface area (Å²) in [5.41, 5.74) is 1.41. The average molecular weight is 475 g/mol. The van der Waals surface area contributed by atoms with Crippen LogP contribution in [0.15, 0.2) is 23.5 Å². The molecule has 5 nitrogen and oxygen atoms in total. The van der Waals surface area contributed by atoms with Crippen molar-refractivity contribution in [3.63, 3.8) is 0 Å². The first-order valence-corrected chi connectivity index (χ1v) is 14.4. The summed E-state index contributed by atoms with van der Waals surface area (Å²) in [6, 6.07) is 0. The van der Waals surface area contributed by atoms with Crippen molar-refractivity contribution in [2.24, 2.45) is 23.7 Å². The third-order valence-electron chi connectivity index (χ3n) is 8.89. The minimum atomic E-state index is -0.122. The molecule has 5 heteroatoms. The van der Waals surface area contributed by atoms with Crippen molar-refractivity contribution in [1.82, 2.24) is 0 Å². The summed E-state index contributed by atoms with van der Waals surface area (Å²) in [6.07, 6.45) is 22.2. The number of aliphatic hydroxyl groups excluding tert-OH is 1. The molecule has 3 aliphatic carbocycles. The van der Waals surface area contributed by atoms with Gasteiger partial charge in [0.1, 0.15) is 5.76 Å². The second-order valence-electron chi connectivity index (χ2n) is 11.3. The molecule has 0 bridgehead atoms. The van der Waals surface area contributed by atoms with Crippen molar-refractivity contribution in [1.29, 1.82) is 0 Å². The van der Waals surface area contributed by atoms with E-state index in [9.17, 15) is 5.11 Å². The Hall–Kier alpha value is -0.880. The zero-order chi connectivity index (χ0) is 23.2. The van der Waals surface area contributed by atoms with E-state index in [0.717, 1.165) is 76.3 Å². The molecule has 4 fully saturated rings. The quantitative estimate of drug-likeness (QED) is 0.299. The third-order valence-corrected chi connectivity index (χ3v) is 8.89. The summed E-state index contributed by atoms with van der Waals surface area (Å²) in [6.45, 7) is 1.85. The fraction of sp³-hybridized carbons (Fsp3) is 0.862. The van der Waals surface area contributed by atoms with Gasteiger partial charge < -0.3 is 24.1 Å². The van der Waals surface area contributed by atoms with E-state index in [-0.39, 0.29) is 31.2 Å². The molecule has 0 aromatic heterocycles. The molecule has 2 aliphatic heterocycles. The highest BCUT2D eigenvalue weighted by molar-refractivity contribution is 5.23. The summed E-state index contributed by atoms with van der Waals surface area (Å²) in [4.78, 5) is 0. The lowest BCUT2D eigenvalue weighted by Crippen LogP contribution is -2.34. The van der Waals surface area contributed by atoms with Crippen LogP contribution in [0.5, 0.6) is 0 Å². The lowest BCUT2D eigenvalue weighted by Gasteiger charge is -2.34. The van der Waals surface area contributed by atoms with Crippen LogP contribution in [-0.2, 0) is 18.9 Å². The molecule has 2 unspecified atom stereocenters. The van der Waals surface area contributed by atoms with Crippen LogP contribution in [0.1, 0.15) is 96.3 Å². The Morgan fingerprint density at radius 2 is 1.71 bits per heavy atom. The maximum Gasteiger partial charge on any atom is 0.199 e. The van der Waals surface area contributed by atoms with Gasteiger partial charge in [-0.15, -0.1) is 0 Å². The standard InChI is InChI=1S/C29H46O5/c30-15-14-22-18-23-20-26(34-28-13-4-6-17-32-28)29(24(23)19-22)25(33-27-12-3-5-16-31-27)11-7-10-21-8-1-2-9-21/h11,18,21,23-24,26-30H,1-10,12-17,19-20H2/t23-,24-,26+,27?,28?,29-/m1/s1. The van der Waals surface area contributed by atoms with Gasteiger partial charge in [0.15, 0.2) is 12.6 Å². The van der Waals surface area contributed by atoms with Crippen LogP contribution < -0.4 is 0 Å². The Labute approximate surface area is 206 Å². The average Bonchev–Trinajstić information content (AvgIpc) is 3.57. The van der Waals surface area contributed by atoms with E-state index in [1.807, 2.05) is 0 Å². The fourth-order valence-corrected chi connectivity index (χ4v) is 7.13. The van der Waals surface area contributed by atoms with Crippen molar-refractivity contribution >= 4 is 0 Å². The fourth-order valence-electron chi connectivity index (χ4n) is 7.13. The molecule has 0 amide bonds. The van der Waals surface area contributed by atoms with Crippen molar-refractivity contribution in [2.75, 3.05) is 19.8 Å². The minimum absolute atomic E-state index is 0.0772. The van der Waals surface area contributed by atoms with E-state index in [1.165, 1.54) is 50.5 Å². The molecule has 2 saturated heterocycles. The Kier molecular flexibility index (Phi) is 9.03. The van der Waals surface area contributed by atoms with Gasteiger partial charge in [-0.05, 0) is 88.0 Å². The number of fused-ring (bicyclic) bond motifs is 1. The topological polar surface area (TPSA) is 57.2 Å². The highest BCUT2D eigenvalue weighted by Gasteiger charge is 2.49. The maximum atomic E-state index is 9.53. The number of hydrogen-bond acceptors (Lipinski definition) is 5. The first kappa shape index (κ1) is 24.8. The molecular formula is C29H46O5. The first-order chi connectivity index (χ1) is 16.8. The van der Waals surface area contributed by atoms with E-state index in [0.29, 0.717) is 11.8 Å². The number of aliphatic hydroxyl groups is 1. The van der Waals surface area contributed by atoms with E-state index in [1.54, 1.807) is 0 Å². The molecule has 5 rings (SSSR count). The van der Waals surface area contributed by atoms with Crippen LogP contribution in [0.4, 0.5) is 0 Å². The Morgan fingerprint density at radius 3 is 2.41 bits per heavy atom. The molecule has 192 valence electrons. The first-order valence-electron chi connectivity index (χ1n) is 14.4. The highest BCUT2D eigenvalue weighted by Crippen LogP contribution is 2.52. The molecule has 0 aromatic carbocycles. The third kappa shape index (κ3) is 6.27. The monoisotopic (exact) mass is 474 g/mol. The van der Waals surface area contributed by atoms with Gasteiger partial charge in [0, 0.05) is 25.6 Å².